The zero-order chi connectivity index (χ0) is 37.8. The minimum absolute atomic E-state index is 0.0624. The molecule has 20 atom stereocenters. The first kappa shape index (κ1) is 39.3. The van der Waals surface area contributed by atoms with Crippen LogP contribution in [0.15, 0.2) is 12.2 Å². The lowest BCUT2D eigenvalue weighted by molar-refractivity contribution is -0.366. The van der Waals surface area contributed by atoms with Gasteiger partial charge in [0.15, 0.2) is 12.6 Å². The maximum atomic E-state index is 12.9. The Balaban J connectivity index is 1.13. The SMILES string of the molecule is C=C(C)[C@@H]1CC[C@]2(C=O)CC[C@]3(C)C(CC[C@@H]4[C@@]5(C)CC[C@H](O[C@@H]6OC[C@H](O)[C@H](O)[C@H]6O[C@@H]6O[C@@H](C)[C@H](O)[C@@H](O)[C@H]6O)[C@@](C)(CO)[C@@H]5CC[C@]43C)[C@@H]12. The molecule has 2 saturated heterocycles. The minimum atomic E-state index is -1.61. The third-order valence-corrected chi connectivity index (χ3v) is 17.3. The van der Waals surface area contributed by atoms with E-state index >= 15 is 0 Å². The molecule has 0 radical (unpaired) electrons. The van der Waals surface area contributed by atoms with Crippen LogP contribution in [0.2, 0.25) is 0 Å². The van der Waals surface area contributed by atoms with Gasteiger partial charge in [-0.3, -0.25) is 0 Å². The van der Waals surface area contributed by atoms with E-state index in [1.54, 1.807) is 6.92 Å². The molecule has 6 N–H and O–H groups in total. The van der Waals surface area contributed by atoms with Crippen molar-refractivity contribution in [1.29, 1.82) is 0 Å². The summed E-state index contributed by atoms with van der Waals surface area (Å²) in [5, 5.41) is 64.2. The normalized spacial score (nSPS) is 57.6. The maximum Gasteiger partial charge on any atom is 0.187 e. The van der Waals surface area contributed by atoms with E-state index < -0.39 is 66.8 Å². The van der Waals surface area contributed by atoms with E-state index in [1.807, 2.05) is 0 Å². The fourth-order valence-corrected chi connectivity index (χ4v) is 14.1. The third kappa shape index (κ3) is 5.52. The Morgan fingerprint density at radius 2 is 1.54 bits per heavy atom. The highest BCUT2D eigenvalue weighted by atomic mass is 16.8. The van der Waals surface area contributed by atoms with Crippen LogP contribution in [0.4, 0.5) is 0 Å². The van der Waals surface area contributed by atoms with Crippen LogP contribution < -0.4 is 0 Å². The standard InChI is InChI=1S/C41H66O11/c1-21(2)23-10-15-41(20-43)17-16-39(6)24(29(23)41)8-9-27-37(4)13-12-28(38(5,19-42)26(37)11-14-40(27,39)7)51-36-34(31(46)25(44)18-49-36)52-35-33(48)32(47)30(45)22(3)50-35/h20,22-36,42,44-48H,1,8-19H2,2-7H3/t22-,23-,24?,25-,26+,27+,28-,29+,30-,31-,32+,33+,34+,35-,36-,37-,38-,39+,40+,41+/m0/s1. The summed E-state index contributed by atoms with van der Waals surface area (Å²) in [6.45, 7) is 17.5. The van der Waals surface area contributed by atoms with Crippen molar-refractivity contribution in [1.82, 2.24) is 0 Å². The molecule has 0 aromatic rings. The van der Waals surface area contributed by atoms with Crippen molar-refractivity contribution >= 4 is 6.29 Å². The molecule has 7 rings (SSSR count). The number of aliphatic hydroxyl groups excluding tert-OH is 6. The van der Waals surface area contributed by atoms with E-state index in [1.165, 1.54) is 11.9 Å². The summed E-state index contributed by atoms with van der Waals surface area (Å²) in [5.41, 5.74) is 0.453. The zero-order valence-corrected chi connectivity index (χ0v) is 32.2. The van der Waals surface area contributed by atoms with Crippen molar-refractivity contribution in [3.05, 3.63) is 12.2 Å². The van der Waals surface area contributed by atoms with Crippen LogP contribution in [0.1, 0.15) is 106 Å². The molecule has 0 aromatic carbocycles. The second-order valence-electron chi connectivity index (χ2n) is 19.4. The monoisotopic (exact) mass is 734 g/mol. The highest BCUT2D eigenvalue weighted by molar-refractivity contribution is 5.62. The Morgan fingerprint density at radius 3 is 2.21 bits per heavy atom. The van der Waals surface area contributed by atoms with Gasteiger partial charge < -0.3 is 54.4 Å². The summed E-state index contributed by atoms with van der Waals surface area (Å²) >= 11 is 0. The number of aliphatic hydroxyl groups is 6. The zero-order valence-electron chi connectivity index (χ0n) is 32.2. The van der Waals surface area contributed by atoms with Crippen molar-refractivity contribution in [3.63, 3.8) is 0 Å². The summed E-state index contributed by atoms with van der Waals surface area (Å²) in [7, 11) is 0. The van der Waals surface area contributed by atoms with Gasteiger partial charge in [-0.2, -0.15) is 0 Å². The fraction of sp³-hybridized carbons (Fsp3) is 0.927. The van der Waals surface area contributed by atoms with Crippen LogP contribution in [0.25, 0.3) is 0 Å². The third-order valence-electron chi connectivity index (χ3n) is 17.3. The van der Waals surface area contributed by atoms with Crippen molar-refractivity contribution in [2.24, 2.45) is 56.7 Å². The molecular formula is C41H66O11. The van der Waals surface area contributed by atoms with Crippen LogP contribution in [0.3, 0.4) is 0 Å². The molecule has 0 spiro atoms. The topological polar surface area (TPSA) is 175 Å². The number of fused-ring (bicyclic) bond motifs is 7. The molecule has 11 nitrogen and oxygen atoms in total. The molecule has 296 valence electrons. The molecule has 7 aliphatic rings. The number of carbonyl (C=O) groups is 1. The molecule has 5 saturated carbocycles. The van der Waals surface area contributed by atoms with Crippen LogP contribution in [0.5, 0.6) is 0 Å². The highest BCUT2D eigenvalue weighted by Crippen LogP contribution is 2.77. The van der Waals surface area contributed by atoms with Crippen LogP contribution in [-0.4, -0.2) is 112 Å². The van der Waals surface area contributed by atoms with Gasteiger partial charge in [0.05, 0.1) is 25.4 Å². The van der Waals surface area contributed by atoms with Gasteiger partial charge in [0, 0.05) is 10.8 Å². The van der Waals surface area contributed by atoms with Crippen molar-refractivity contribution in [3.8, 4) is 0 Å². The van der Waals surface area contributed by atoms with Gasteiger partial charge in [0.1, 0.15) is 42.9 Å². The summed E-state index contributed by atoms with van der Waals surface area (Å²) < 4.78 is 24.4. The molecule has 52 heavy (non-hydrogen) atoms. The molecule has 0 bridgehead atoms. The number of rotatable bonds is 7. The number of aldehydes is 1. The first-order valence-electron chi connectivity index (χ1n) is 20.1. The minimum Gasteiger partial charge on any atom is -0.396 e. The molecule has 11 heteroatoms. The first-order valence-corrected chi connectivity index (χ1v) is 20.1. The number of hydrogen-bond donors (Lipinski definition) is 6. The van der Waals surface area contributed by atoms with Gasteiger partial charge in [0.25, 0.3) is 0 Å². The second-order valence-corrected chi connectivity index (χ2v) is 19.4. The van der Waals surface area contributed by atoms with Crippen molar-refractivity contribution in [2.75, 3.05) is 13.2 Å². The number of hydrogen-bond acceptors (Lipinski definition) is 11. The lowest BCUT2D eigenvalue weighted by Crippen LogP contribution is -2.68. The average Bonchev–Trinajstić information content (AvgIpc) is 3.51. The Morgan fingerprint density at radius 1 is 0.808 bits per heavy atom. The van der Waals surface area contributed by atoms with Gasteiger partial charge in [-0.05, 0) is 124 Å². The lowest BCUT2D eigenvalue weighted by atomic mass is 9.32. The molecule has 1 unspecified atom stereocenters. The summed E-state index contributed by atoms with van der Waals surface area (Å²) in [6.07, 6.45) is -1.23. The largest absolute Gasteiger partial charge is 0.396 e. The number of carbonyl (C=O) groups excluding carboxylic acids is 1. The van der Waals surface area contributed by atoms with Crippen LogP contribution >= 0.6 is 0 Å². The molecule has 0 aromatic heterocycles. The van der Waals surface area contributed by atoms with Crippen molar-refractivity contribution in [2.45, 2.75) is 167 Å². The molecule has 5 aliphatic carbocycles. The summed E-state index contributed by atoms with van der Waals surface area (Å²) in [6, 6.07) is 0. The van der Waals surface area contributed by atoms with E-state index in [0.29, 0.717) is 30.1 Å². The van der Waals surface area contributed by atoms with Crippen LogP contribution in [-0.2, 0) is 23.7 Å². The smallest absolute Gasteiger partial charge is 0.187 e. The summed E-state index contributed by atoms with van der Waals surface area (Å²) in [5.74, 6) is 1.81. The first-order chi connectivity index (χ1) is 24.4. The van der Waals surface area contributed by atoms with Gasteiger partial charge in [-0.25, -0.2) is 0 Å². The van der Waals surface area contributed by atoms with Gasteiger partial charge in [-0.1, -0.05) is 39.8 Å². The Kier molecular flexibility index (Phi) is 10.3. The van der Waals surface area contributed by atoms with Gasteiger partial charge >= 0.3 is 0 Å². The Labute approximate surface area is 309 Å². The van der Waals surface area contributed by atoms with Gasteiger partial charge in [0.2, 0.25) is 0 Å². The molecular weight excluding hydrogens is 668 g/mol. The van der Waals surface area contributed by atoms with E-state index in [2.05, 4.69) is 41.2 Å². The van der Waals surface area contributed by atoms with Gasteiger partial charge in [-0.15, -0.1) is 0 Å². The summed E-state index contributed by atoms with van der Waals surface area (Å²) in [4.78, 5) is 12.9. The van der Waals surface area contributed by atoms with Crippen molar-refractivity contribution < 1.29 is 54.4 Å². The second kappa shape index (κ2) is 13.6. The van der Waals surface area contributed by atoms with E-state index in [-0.39, 0.29) is 40.8 Å². The Hall–Kier alpha value is -0.990. The van der Waals surface area contributed by atoms with E-state index in [0.717, 1.165) is 57.8 Å². The Bertz CT molecular complexity index is 1360. The van der Waals surface area contributed by atoms with E-state index in [9.17, 15) is 35.4 Å². The highest BCUT2D eigenvalue weighted by Gasteiger charge is 2.71. The molecule has 2 heterocycles. The predicted octanol–water partition coefficient (Wildman–Crippen LogP) is 3.49. The molecule has 2 aliphatic heterocycles. The molecule has 7 fully saturated rings. The van der Waals surface area contributed by atoms with Crippen LogP contribution in [0, 0.1) is 56.7 Å². The van der Waals surface area contributed by atoms with E-state index in [4.69, 9.17) is 18.9 Å². The molecule has 0 amide bonds. The lowest BCUT2D eigenvalue weighted by Gasteiger charge is -2.73. The maximum absolute atomic E-state index is 12.9. The predicted molar refractivity (Wildman–Crippen MR) is 190 cm³/mol. The average molecular weight is 735 g/mol. The number of allylic oxidation sites excluding steroid dienone is 1. The fourth-order valence-electron chi connectivity index (χ4n) is 14.1. The quantitative estimate of drug-likeness (QED) is 0.128. The number of ether oxygens (including phenoxy) is 4.